The van der Waals surface area contributed by atoms with E-state index in [1.807, 2.05) is 24.3 Å². The molecule has 0 heterocycles. The normalized spacial score (nSPS) is 10.4. The molecular formula is C13H8Br3FO. The van der Waals surface area contributed by atoms with Crippen molar-refractivity contribution >= 4 is 47.8 Å². The monoisotopic (exact) mass is 436 g/mol. The van der Waals surface area contributed by atoms with E-state index in [1.54, 1.807) is 0 Å². The minimum absolute atomic E-state index is 0.280. The second-order valence-electron chi connectivity index (χ2n) is 3.64. The quantitative estimate of drug-likeness (QED) is 0.598. The fourth-order valence-corrected chi connectivity index (χ4v) is 3.12. The molecule has 94 valence electrons. The Hall–Kier alpha value is -0.390. The van der Waals surface area contributed by atoms with Gasteiger partial charge in [-0.05, 0) is 57.9 Å². The summed E-state index contributed by atoms with van der Waals surface area (Å²) in [6.07, 6.45) is 0. The van der Waals surface area contributed by atoms with E-state index in [0.29, 0.717) is 11.1 Å². The maximum atomic E-state index is 13.2. The van der Waals surface area contributed by atoms with Gasteiger partial charge in [0.15, 0.2) is 0 Å². The van der Waals surface area contributed by atoms with E-state index < -0.39 is 0 Å². The number of rotatable bonds is 3. The van der Waals surface area contributed by atoms with Gasteiger partial charge < -0.3 is 4.74 Å². The zero-order valence-corrected chi connectivity index (χ0v) is 13.8. The minimum atomic E-state index is -0.280. The molecule has 0 spiro atoms. The Labute approximate surface area is 130 Å². The SMILES string of the molecule is Fc1cc(Br)cc(COc2ccc(Br)cc2Br)c1. The van der Waals surface area contributed by atoms with E-state index >= 15 is 0 Å². The van der Waals surface area contributed by atoms with Gasteiger partial charge in [-0.3, -0.25) is 0 Å². The zero-order valence-electron chi connectivity index (χ0n) is 9.09. The van der Waals surface area contributed by atoms with Gasteiger partial charge in [0.1, 0.15) is 18.2 Å². The van der Waals surface area contributed by atoms with E-state index in [4.69, 9.17) is 4.74 Å². The van der Waals surface area contributed by atoms with Crippen LogP contribution in [0.1, 0.15) is 5.56 Å². The Bertz CT molecular complexity index is 552. The van der Waals surface area contributed by atoms with Crippen molar-refractivity contribution in [3.8, 4) is 5.75 Å². The van der Waals surface area contributed by atoms with Crippen LogP contribution < -0.4 is 4.74 Å². The summed E-state index contributed by atoms with van der Waals surface area (Å²) in [5.41, 5.74) is 0.775. The summed E-state index contributed by atoms with van der Waals surface area (Å²) in [6.45, 7) is 0.316. The number of ether oxygens (including phenoxy) is 1. The van der Waals surface area contributed by atoms with Crippen molar-refractivity contribution < 1.29 is 9.13 Å². The van der Waals surface area contributed by atoms with Crippen LogP contribution in [0.5, 0.6) is 5.75 Å². The van der Waals surface area contributed by atoms with Gasteiger partial charge in [-0.1, -0.05) is 31.9 Å². The van der Waals surface area contributed by atoms with Crippen molar-refractivity contribution in [2.75, 3.05) is 0 Å². The van der Waals surface area contributed by atoms with Crippen molar-refractivity contribution in [2.24, 2.45) is 0 Å². The first-order chi connectivity index (χ1) is 8.54. The van der Waals surface area contributed by atoms with Gasteiger partial charge in [-0.15, -0.1) is 0 Å². The van der Waals surface area contributed by atoms with Crippen LogP contribution in [-0.4, -0.2) is 0 Å². The van der Waals surface area contributed by atoms with Crippen LogP contribution in [0, 0.1) is 5.82 Å². The predicted octanol–water partition coefficient (Wildman–Crippen LogP) is 5.69. The number of halogens is 4. The standard InChI is InChI=1S/C13H8Br3FO/c14-9-1-2-13(12(16)6-9)18-7-8-3-10(15)5-11(17)4-8/h1-6H,7H2. The molecule has 2 rings (SSSR count). The maximum absolute atomic E-state index is 13.2. The van der Waals surface area contributed by atoms with E-state index in [-0.39, 0.29) is 5.82 Å². The molecule has 0 bridgehead atoms. The second-order valence-corrected chi connectivity index (χ2v) is 6.33. The molecule has 2 aromatic rings. The highest BCUT2D eigenvalue weighted by Gasteiger charge is 2.04. The summed E-state index contributed by atoms with van der Waals surface area (Å²) >= 11 is 10.0. The Morgan fingerprint density at radius 3 is 2.39 bits per heavy atom. The summed E-state index contributed by atoms with van der Waals surface area (Å²) in [6, 6.07) is 10.3. The summed E-state index contributed by atoms with van der Waals surface area (Å²) in [5.74, 6) is 0.441. The lowest BCUT2D eigenvalue weighted by Crippen LogP contribution is -1.97. The third kappa shape index (κ3) is 3.80. The Kier molecular flexibility index (Phi) is 4.81. The highest BCUT2D eigenvalue weighted by molar-refractivity contribution is 9.11. The molecule has 0 aliphatic carbocycles. The van der Waals surface area contributed by atoms with Crippen LogP contribution in [-0.2, 0) is 6.61 Å². The molecule has 0 atom stereocenters. The molecule has 1 nitrogen and oxygen atoms in total. The number of hydrogen-bond acceptors (Lipinski definition) is 1. The van der Waals surface area contributed by atoms with Crippen LogP contribution in [0.3, 0.4) is 0 Å². The van der Waals surface area contributed by atoms with E-state index in [9.17, 15) is 4.39 Å². The Morgan fingerprint density at radius 1 is 0.944 bits per heavy atom. The highest BCUT2D eigenvalue weighted by Crippen LogP contribution is 2.29. The molecule has 0 aromatic heterocycles. The first-order valence-corrected chi connectivity index (χ1v) is 7.45. The lowest BCUT2D eigenvalue weighted by Gasteiger charge is -2.09. The highest BCUT2D eigenvalue weighted by atomic mass is 79.9. The zero-order chi connectivity index (χ0) is 13.1. The van der Waals surface area contributed by atoms with Crippen molar-refractivity contribution in [1.82, 2.24) is 0 Å². The molecule has 2 aromatic carbocycles. The molecule has 0 aliphatic heterocycles. The Balaban J connectivity index is 2.11. The molecule has 0 radical (unpaired) electrons. The van der Waals surface area contributed by atoms with Crippen LogP contribution in [0.4, 0.5) is 4.39 Å². The lowest BCUT2D eigenvalue weighted by atomic mass is 10.2. The smallest absolute Gasteiger partial charge is 0.134 e. The summed E-state index contributed by atoms with van der Waals surface area (Å²) in [5, 5.41) is 0. The van der Waals surface area contributed by atoms with Crippen LogP contribution >= 0.6 is 47.8 Å². The first kappa shape index (κ1) is 14.0. The summed E-state index contributed by atoms with van der Waals surface area (Å²) in [4.78, 5) is 0. The van der Waals surface area contributed by atoms with Gasteiger partial charge in [0.25, 0.3) is 0 Å². The third-order valence-corrected chi connectivity index (χ3v) is 3.78. The molecule has 0 unspecified atom stereocenters. The summed E-state index contributed by atoms with van der Waals surface area (Å²) in [7, 11) is 0. The number of hydrogen-bond donors (Lipinski definition) is 0. The fraction of sp³-hybridized carbons (Fsp3) is 0.0769. The first-order valence-electron chi connectivity index (χ1n) is 5.07. The molecule has 5 heteroatoms. The maximum Gasteiger partial charge on any atom is 0.134 e. The lowest BCUT2D eigenvalue weighted by molar-refractivity contribution is 0.303. The van der Waals surface area contributed by atoms with Gasteiger partial charge in [0.2, 0.25) is 0 Å². The molecule has 0 saturated carbocycles. The van der Waals surface area contributed by atoms with Crippen LogP contribution in [0.2, 0.25) is 0 Å². The van der Waals surface area contributed by atoms with E-state index in [0.717, 1.165) is 20.3 Å². The Morgan fingerprint density at radius 2 is 1.72 bits per heavy atom. The van der Waals surface area contributed by atoms with Crippen LogP contribution in [0.25, 0.3) is 0 Å². The fourth-order valence-electron chi connectivity index (χ4n) is 1.45. The van der Waals surface area contributed by atoms with Crippen molar-refractivity contribution in [2.45, 2.75) is 6.61 Å². The topological polar surface area (TPSA) is 9.23 Å². The minimum Gasteiger partial charge on any atom is -0.488 e. The summed E-state index contributed by atoms with van der Waals surface area (Å²) < 4.78 is 21.3. The van der Waals surface area contributed by atoms with Gasteiger partial charge >= 0.3 is 0 Å². The van der Waals surface area contributed by atoms with Crippen molar-refractivity contribution in [3.63, 3.8) is 0 Å². The molecule has 0 fully saturated rings. The molecule has 0 saturated heterocycles. The van der Waals surface area contributed by atoms with Gasteiger partial charge in [0, 0.05) is 8.95 Å². The van der Waals surface area contributed by atoms with E-state index in [2.05, 4.69) is 47.8 Å². The molecular weight excluding hydrogens is 431 g/mol. The average Bonchev–Trinajstić information content (AvgIpc) is 2.26. The molecule has 0 amide bonds. The van der Waals surface area contributed by atoms with Gasteiger partial charge in [-0.2, -0.15) is 0 Å². The molecule has 0 N–H and O–H groups in total. The predicted molar refractivity (Wildman–Crippen MR) is 80.3 cm³/mol. The third-order valence-electron chi connectivity index (χ3n) is 2.21. The van der Waals surface area contributed by atoms with E-state index in [1.165, 1.54) is 12.1 Å². The molecule has 0 aliphatic rings. The van der Waals surface area contributed by atoms with Crippen LogP contribution in [0.15, 0.2) is 49.8 Å². The van der Waals surface area contributed by atoms with Gasteiger partial charge in [-0.25, -0.2) is 4.39 Å². The second kappa shape index (κ2) is 6.17. The molecule has 18 heavy (non-hydrogen) atoms. The van der Waals surface area contributed by atoms with Gasteiger partial charge in [0.05, 0.1) is 4.47 Å². The van der Waals surface area contributed by atoms with Crippen molar-refractivity contribution in [3.05, 3.63) is 61.2 Å². The average molecular weight is 439 g/mol. The number of benzene rings is 2. The largest absolute Gasteiger partial charge is 0.488 e. The van der Waals surface area contributed by atoms with Crippen molar-refractivity contribution in [1.29, 1.82) is 0 Å².